The number of aryl methyl sites for hydroxylation is 1. The Hall–Kier alpha value is -3.15. The van der Waals surface area contributed by atoms with Gasteiger partial charge >= 0.3 is 0 Å². The molecule has 1 spiro atoms. The molecule has 2 aliphatic rings. The number of nitrogens with one attached hydrogen (secondary N) is 1. The number of carbonyl (C=O) groups excluding carboxylic acids is 3. The fourth-order valence-corrected chi connectivity index (χ4v) is 4.70. The second-order valence-electron chi connectivity index (χ2n) is 8.24. The van der Waals surface area contributed by atoms with Crippen molar-refractivity contribution in [2.45, 2.75) is 45.1 Å². The van der Waals surface area contributed by atoms with Crippen LogP contribution in [0.25, 0.3) is 0 Å². The van der Waals surface area contributed by atoms with Crippen LogP contribution in [-0.2, 0) is 14.4 Å². The number of rotatable bonds is 5. The van der Waals surface area contributed by atoms with E-state index in [9.17, 15) is 14.4 Å². The molecule has 6 heteroatoms. The van der Waals surface area contributed by atoms with Gasteiger partial charge in [0, 0.05) is 6.42 Å². The minimum absolute atomic E-state index is 0.191. The topological polar surface area (TPSA) is 75.7 Å². The first-order valence-corrected chi connectivity index (χ1v) is 10.3. The Kier molecular flexibility index (Phi) is 5.33. The van der Waals surface area contributed by atoms with Crippen LogP contribution in [0.4, 0.5) is 5.69 Å². The van der Waals surface area contributed by atoms with Crippen LogP contribution in [0.5, 0.6) is 5.75 Å². The van der Waals surface area contributed by atoms with Crippen molar-refractivity contribution < 1.29 is 19.1 Å². The van der Waals surface area contributed by atoms with Gasteiger partial charge in [-0.05, 0) is 43.0 Å². The van der Waals surface area contributed by atoms with Crippen molar-refractivity contribution in [1.29, 1.82) is 0 Å². The van der Waals surface area contributed by atoms with Crippen LogP contribution in [0.3, 0.4) is 0 Å². The number of nitrogens with zero attached hydrogens (tertiary/aromatic N) is 1. The highest BCUT2D eigenvalue weighted by Gasteiger charge is 2.55. The van der Waals surface area contributed by atoms with Gasteiger partial charge in [0.2, 0.25) is 11.8 Å². The van der Waals surface area contributed by atoms with Gasteiger partial charge in [-0.15, -0.1) is 0 Å². The van der Waals surface area contributed by atoms with Crippen LogP contribution in [-0.4, -0.2) is 29.7 Å². The molecule has 0 aromatic heterocycles. The Balaban J connectivity index is 1.71. The number of methoxy groups -OCH3 is 1. The van der Waals surface area contributed by atoms with Crippen molar-refractivity contribution >= 4 is 23.4 Å². The van der Waals surface area contributed by atoms with E-state index in [2.05, 4.69) is 5.32 Å². The van der Waals surface area contributed by atoms with Gasteiger partial charge < -0.3 is 10.1 Å². The molecule has 1 atom stereocenters. The van der Waals surface area contributed by atoms with Gasteiger partial charge in [0.1, 0.15) is 11.8 Å². The molecule has 30 heavy (non-hydrogen) atoms. The highest BCUT2D eigenvalue weighted by Crippen LogP contribution is 2.49. The van der Waals surface area contributed by atoms with Crippen molar-refractivity contribution in [2.24, 2.45) is 5.41 Å². The minimum Gasteiger partial charge on any atom is -0.495 e. The molecule has 2 fully saturated rings. The van der Waals surface area contributed by atoms with Gasteiger partial charge in [0.05, 0.1) is 18.2 Å². The van der Waals surface area contributed by atoms with E-state index in [0.29, 0.717) is 29.8 Å². The number of hydrogen-bond donors (Lipinski definition) is 1. The van der Waals surface area contributed by atoms with E-state index in [1.165, 1.54) is 12.0 Å². The molecule has 1 aliphatic heterocycles. The fourth-order valence-electron chi connectivity index (χ4n) is 4.70. The smallest absolute Gasteiger partial charge is 0.252 e. The fraction of sp³-hybridized carbons (Fsp3) is 0.375. The molecule has 1 N–H and O–H groups in total. The Morgan fingerprint density at radius 2 is 1.80 bits per heavy atom. The average molecular weight is 406 g/mol. The van der Waals surface area contributed by atoms with Crippen LogP contribution < -0.4 is 10.1 Å². The minimum atomic E-state index is -1.02. The van der Waals surface area contributed by atoms with Gasteiger partial charge in [-0.3, -0.25) is 19.3 Å². The second kappa shape index (κ2) is 7.94. The van der Waals surface area contributed by atoms with Crippen LogP contribution in [0, 0.1) is 12.3 Å². The van der Waals surface area contributed by atoms with Gasteiger partial charge in [0.25, 0.3) is 5.91 Å². The molecular weight excluding hydrogens is 380 g/mol. The Bertz CT molecular complexity index is 980. The van der Waals surface area contributed by atoms with E-state index in [1.54, 1.807) is 30.3 Å². The number of ether oxygens (including phenoxy) is 1. The summed E-state index contributed by atoms with van der Waals surface area (Å²) in [5.41, 5.74) is 1.45. The number of hydrogen-bond acceptors (Lipinski definition) is 4. The maximum absolute atomic E-state index is 13.5. The predicted octanol–water partition coefficient (Wildman–Crippen LogP) is 4.00. The van der Waals surface area contributed by atoms with E-state index in [4.69, 9.17) is 4.74 Å². The van der Waals surface area contributed by atoms with Crippen LogP contribution >= 0.6 is 0 Å². The summed E-state index contributed by atoms with van der Waals surface area (Å²) >= 11 is 0. The molecule has 0 unspecified atom stereocenters. The van der Waals surface area contributed by atoms with E-state index in [-0.39, 0.29) is 18.2 Å². The number of imide groups is 1. The molecule has 0 radical (unpaired) electrons. The number of benzene rings is 2. The van der Waals surface area contributed by atoms with E-state index in [0.717, 1.165) is 18.4 Å². The molecule has 3 amide bonds. The summed E-state index contributed by atoms with van der Waals surface area (Å²) in [7, 11) is 1.53. The first kappa shape index (κ1) is 20.1. The van der Waals surface area contributed by atoms with E-state index < -0.39 is 17.4 Å². The standard InChI is InChI=1S/C24H26N2O4/c1-16-10-11-19(30-2)18(14-16)25-22(28)21(17-8-4-3-5-9-17)26-20(27)15-24(23(26)29)12-6-7-13-24/h3-5,8-11,14,21H,6-7,12-13,15H2,1-2H3,(H,25,28)/t21-/m1/s1. The number of amides is 3. The normalized spacial score (nSPS) is 18.7. The maximum Gasteiger partial charge on any atom is 0.252 e. The zero-order valence-corrected chi connectivity index (χ0v) is 17.3. The highest BCUT2D eigenvalue weighted by molar-refractivity contribution is 6.11. The van der Waals surface area contributed by atoms with Crippen molar-refractivity contribution in [3.63, 3.8) is 0 Å². The molecule has 1 heterocycles. The SMILES string of the molecule is COc1ccc(C)cc1NC(=O)[C@@H](c1ccccc1)N1C(=O)CC2(CCCC2)C1=O. The third-order valence-corrected chi connectivity index (χ3v) is 6.23. The van der Waals surface area contributed by atoms with Gasteiger partial charge in [-0.1, -0.05) is 49.2 Å². The summed E-state index contributed by atoms with van der Waals surface area (Å²) in [5.74, 6) is -0.402. The third-order valence-electron chi connectivity index (χ3n) is 6.23. The molecule has 1 saturated heterocycles. The summed E-state index contributed by atoms with van der Waals surface area (Å²) in [6.07, 6.45) is 3.49. The van der Waals surface area contributed by atoms with E-state index in [1.807, 2.05) is 25.1 Å². The largest absolute Gasteiger partial charge is 0.495 e. The zero-order chi connectivity index (χ0) is 21.3. The lowest BCUT2D eigenvalue weighted by Gasteiger charge is -2.28. The molecule has 2 aromatic carbocycles. The lowest BCUT2D eigenvalue weighted by atomic mass is 9.84. The van der Waals surface area contributed by atoms with Crippen LogP contribution in [0.1, 0.15) is 49.3 Å². The summed E-state index contributed by atoms with van der Waals surface area (Å²) in [4.78, 5) is 41.0. The summed E-state index contributed by atoms with van der Waals surface area (Å²) < 4.78 is 5.37. The van der Waals surface area contributed by atoms with Crippen molar-refractivity contribution in [2.75, 3.05) is 12.4 Å². The van der Waals surface area contributed by atoms with Crippen molar-refractivity contribution in [3.8, 4) is 5.75 Å². The lowest BCUT2D eigenvalue weighted by molar-refractivity contribution is -0.148. The maximum atomic E-state index is 13.5. The zero-order valence-electron chi connectivity index (χ0n) is 17.3. The molecule has 1 aliphatic carbocycles. The van der Waals surface area contributed by atoms with Gasteiger partial charge in [-0.2, -0.15) is 0 Å². The molecule has 2 aromatic rings. The highest BCUT2D eigenvalue weighted by atomic mass is 16.5. The first-order valence-electron chi connectivity index (χ1n) is 10.3. The van der Waals surface area contributed by atoms with Gasteiger partial charge in [-0.25, -0.2) is 0 Å². The summed E-state index contributed by atoms with van der Waals surface area (Å²) in [6, 6.07) is 13.5. The van der Waals surface area contributed by atoms with Gasteiger partial charge in [0.15, 0.2) is 0 Å². The van der Waals surface area contributed by atoms with Crippen LogP contribution in [0.2, 0.25) is 0 Å². The molecular formula is C24H26N2O4. The van der Waals surface area contributed by atoms with Crippen LogP contribution in [0.15, 0.2) is 48.5 Å². The van der Waals surface area contributed by atoms with Crippen molar-refractivity contribution in [1.82, 2.24) is 4.90 Å². The number of carbonyl (C=O) groups is 3. The summed E-state index contributed by atoms with van der Waals surface area (Å²) in [5, 5.41) is 2.89. The lowest BCUT2D eigenvalue weighted by Crippen LogP contribution is -2.42. The van der Waals surface area contributed by atoms with Crippen molar-refractivity contribution in [3.05, 3.63) is 59.7 Å². The first-order chi connectivity index (χ1) is 14.4. The molecule has 1 saturated carbocycles. The molecule has 0 bridgehead atoms. The molecule has 6 nitrogen and oxygen atoms in total. The Morgan fingerprint density at radius 1 is 1.10 bits per heavy atom. The predicted molar refractivity (Wildman–Crippen MR) is 113 cm³/mol. The number of likely N-dealkylation sites (tertiary alicyclic amines) is 1. The molecule has 156 valence electrons. The quantitative estimate of drug-likeness (QED) is 0.762. The summed E-state index contributed by atoms with van der Waals surface area (Å²) in [6.45, 7) is 1.92. The average Bonchev–Trinajstić information content (AvgIpc) is 3.30. The third kappa shape index (κ3) is 3.47. The Labute approximate surface area is 176 Å². The second-order valence-corrected chi connectivity index (χ2v) is 8.24. The monoisotopic (exact) mass is 406 g/mol. The van der Waals surface area contributed by atoms with E-state index >= 15 is 0 Å². The Morgan fingerprint density at radius 3 is 2.47 bits per heavy atom. The molecule has 4 rings (SSSR count). The number of anilines is 1.